The molecule has 6 nitrogen and oxygen atoms in total. The second-order valence-corrected chi connectivity index (χ2v) is 7.38. The number of pyridine rings is 1. The maximum atomic E-state index is 12.7. The zero-order valence-corrected chi connectivity index (χ0v) is 17.2. The van der Waals surface area contributed by atoms with Gasteiger partial charge < -0.3 is 9.30 Å². The van der Waals surface area contributed by atoms with Crippen LogP contribution in [0.3, 0.4) is 0 Å². The highest BCUT2D eigenvalue weighted by atomic mass is 32.1. The van der Waals surface area contributed by atoms with Gasteiger partial charge >= 0.3 is 0 Å². The Kier molecular flexibility index (Phi) is 6.01. The molecule has 0 spiro atoms. The van der Waals surface area contributed by atoms with Crippen molar-refractivity contribution >= 4 is 34.5 Å². The summed E-state index contributed by atoms with van der Waals surface area (Å²) < 4.78 is 7.14. The van der Waals surface area contributed by atoms with E-state index in [-0.39, 0.29) is 5.91 Å². The summed E-state index contributed by atoms with van der Waals surface area (Å²) in [5.74, 6) is 0.616. The Labute approximate surface area is 178 Å². The lowest BCUT2D eigenvalue weighted by Crippen LogP contribution is -2.17. The first kappa shape index (κ1) is 19.6. The van der Waals surface area contributed by atoms with Crippen LogP contribution in [0.5, 0.6) is 5.75 Å². The highest BCUT2D eigenvalue weighted by molar-refractivity contribution is 7.14. The summed E-state index contributed by atoms with van der Waals surface area (Å²) >= 11 is 1.39. The van der Waals surface area contributed by atoms with E-state index in [4.69, 9.17) is 4.74 Å². The summed E-state index contributed by atoms with van der Waals surface area (Å²) in [6, 6.07) is 15.3. The van der Waals surface area contributed by atoms with E-state index in [1.807, 2.05) is 70.8 Å². The highest BCUT2D eigenvalue weighted by Crippen LogP contribution is 2.20. The molecule has 1 aromatic carbocycles. The molecule has 0 fully saturated rings. The van der Waals surface area contributed by atoms with E-state index in [1.54, 1.807) is 25.6 Å². The Hall–Kier alpha value is -3.71. The highest BCUT2D eigenvalue weighted by Gasteiger charge is 2.13. The summed E-state index contributed by atoms with van der Waals surface area (Å²) in [6.07, 6.45) is 9.25. The minimum atomic E-state index is -0.188. The first-order chi connectivity index (χ1) is 14.7. The maximum absolute atomic E-state index is 12.7. The number of carbonyl (C=O) groups excluding carboxylic acids is 1. The monoisotopic (exact) mass is 416 g/mol. The summed E-state index contributed by atoms with van der Waals surface area (Å²) in [6.45, 7) is 0.602. The Bertz CT molecular complexity index is 1160. The SMILES string of the molecule is COc1cccc(/C=C/c2csc(NC(=O)c3cccn3Cc3ccncc3)n2)c1. The molecular weight excluding hydrogens is 396 g/mol. The molecule has 150 valence electrons. The number of nitrogens with zero attached hydrogens (tertiary/aromatic N) is 3. The zero-order valence-electron chi connectivity index (χ0n) is 16.4. The molecule has 0 saturated carbocycles. The first-order valence-corrected chi connectivity index (χ1v) is 10.2. The van der Waals surface area contributed by atoms with Crippen LogP contribution in [0.25, 0.3) is 12.2 Å². The van der Waals surface area contributed by atoms with Crippen molar-refractivity contribution in [3.8, 4) is 5.75 Å². The van der Waals surface area contributed by atoms with Crippen LogP contribution in [0.4, 0.5) is 5.13 Å². The van der Waals surface area contributed by atoms with Crippen molar-refractivity contribution < 1.29 is 9.53 Å². The van der Waals surface area contributed by atoms with Crippen molar-refractivity contribution in [2.45, 2.75) is 6.54 Å². The molecule has 1 amide bonds. The lowest BCUT2D eigenvalue weighted by molar-refractivity contribution is 0.101. The molecule has 4 aromatic rings. The topological polar surface area (TPSA) is 69.0 Å². The molecule has 0 bridgehead atoms. The van der Waals surface area contributed by atoms with E-state index in [1.165, 1.54) is 11.3 Å². The minimum Gasteiger partial charge on any atom is -0.497 e. The van der Waals surface area contributed by atoms with Crippen LogP contribution in [-0.2, 0) is 6.54 Å². The predicted octanol–water partition coefficient (Wildman–Crippen LogP) is 4.82. The van der Waals surface area contributed by atoms with Gasteiger partial charge in [-0.25, -0.2) is 4.98 Å². The number of amides is 1. The standard InChI is InChI=1S/C23H20N4O2S/c1-29-20-5-2-4-17(14-20)7-8-19-16-30-23(25-19)26-22(28)21-6-3-13-27(21)15-18-9-11-24-12-10-18/h2-14,16H,15H2,1H3,(H,25,26,28)/b8-7+. The van der Waals surface area contributed by atoms with Gasteiger partial charge in [0, 0.05) is 30.5 Å². The number of rotatable bonds is 7. The fourth-order valence-electron chi connectivity index (χ4n) is 2.95. The van der Waals surface area contributed by atoms with Crippen molar-refractivity contribution in [1.82, 2.24) is 14.5 Å². The molecule has 30 heavy (non-hydrogen) atoms. The fraction of sp³-hybridized carbons (Fsp3) is 0.0870. The van der Waals surface area contributed by atoms with Gasteiger partial charge in [-0.05, 0) is 53.6 Å². The van der Waals surface area contributed by atoms with Crippen LogP contribution in [0.2, 0.25) is 0 Å². The fourth-order valence-corrected chi connectivity index (χ4v) is 3.62. The molecule has 0 aliphatic heterocycles. The molecule has 3 heterocycles. The lowest BCUT2D eigenvalue weighted by Gasteiger charge is -2.08. The normalized spacial score (nSPS) is 11.0. The molecular formula is C23H20N4O2S. The Morgan fingerprint density at radius 1 is 1.17 bits per heavy atom. The van der Waals surface area contributed by atoms with Gasteiger partial charge in [0.1, 0.15) is 11.4 Å². The number of methoxy groups -OCH3 is 1. The maximum Gasteiger partial charge on any atom is 0.274 e. The van der Waals surface area contributed by atoms with Gasteiger partial charge in [0.2, 0.25) is 0 Å². The molecule has 3 aromatic heterocycles. The smallest absolute Gasteiger partial charge is 0.274 e. The van der Waals surface area contributed by atoms with E-state index in [0.29, 0.717) is 17.4 Å². The number of nitrogens with one attached hydrogen (secondary N) is 1. The van der Waals surface area contributed by atoms with Gasteiger partial charge in [0.05, 0.1) is 12.8 Å². The molecule has 0 atom stereocenters. The quantitative estimate of drug-likeness (QED) is 0.469. The Morgan fingerprint density at radius 2 is 2.03 bits per heavy atom. The van der Waals surface area contributed by atoms with Crippen LogP contribution >= 0.6 is 11.3 Å². The Balaban J connectivity index is 1.42. The van der Waals surface area contributed by atoms with E-state index in [0.717, 1.165) is 22.6 Å². The Morgan fingerprint density at radius 3 is 2.87 bits per heavy atom. The van der Waals surface area contributed by atoms with Crippen molar-refractivity contribution in [3.63, 3.8) is 0 Å². The number of hydrogen-bond donors (Lipinski definition) is 1. The molecule has 0 unspecified atom stereocenters. The van der Waals surface area contributed by atoms with E-state index >= 15 is 0 Å². The molecule has 0 saturated heterocycles. The second kappa shape index (κ2) is 9.19. The molecule has 4 rings (SSSR count). The lowest BCUT2D eigenvalue weighted by atomic mass is 10.2. The van der Waals surface area contributed by atoms with Crippen LogP contribution < -0.4 is 10.1 Å². The summed E-state index contributed by atoms with van der Waals surface area (Å²) in [4.78, 5) is 21.2. The molecule has 0 radical (unpaired) electrons. The van der Waals surface area contributed by atoms with Crippen LogP contribution in [0.15, 0.2) is 72.5 Å². The van der Waals surface area contributed by atoms with Gasteiger partial charge in [-0.15, -0.1) is 11.3 Å². The number of benzene rings is 1. The van der Waals surface area contributed by atoms with Gasteiger partial charge in [-0.2, -0.15) is 0 Å². The van der Waals surface area contributed by atoms with Crippen LogP contribution in [-0.4, -0.2) is 27.6 Å². The summed E-state index contributed by atoms with van der Waals surface area (Å²) in [7, 11) is 1.64. The predicted molar refractivity (Wildman–Crippen MR) is 120 cm³/mol. The van der Waals surface area contributed by atoms with Crippen molar-refractivity contribution in [2.24, 2.45) is 0 Å². The van der Waals surface area contributed by atoms with Crippen molar-refractivity contribution in [2.75, 3.05) is 12.4 Å². The molecule has 7 heteroatoms. The van der Waals surface area contributed by atoms with Gasteiger partial charge in [0.15, 0.2) is 5.13 Å². The third kappa shape index (κ3) is 4.82. The van der Waals surface area contributed by atoms with E-state index < -0.39 is 0 Å². The first-order valence-electron chi connectivity index (χ1n) is 9.34. The number of thiazole rings is 1. The number of carbonyl (C=O) groups is 1. The molecule has 1 N–H and O–H groups in total. The van der Waals surface area contributed by atoms with E-state index in [9.17, 15) is 4.79 Å². The van der Waals surface area contributed by atoms with Crippen LogP contribution in [0, 0.1) is 0 Å². The molecule has 0 aliphatic rings. The third-order valence-corrected chi connectivity index (χ3v) is 5.22. The third-order valence-electron chi connectivity index (χ3n) is 4.45. The second-order valence-electron chi connectivity index (χ2n) is 6.52. The molecule has 0 aliphatic carbocycles. The van der Waals surface area contributed by atoms with Crippen LogP contribution in [0.1, 0.15) is 27.3 Å². The zero-order chi connectivity index (χ0) is 20.8. The average molecular weight is 417 g/mol. The van der Waals surface area contributed by atoms with E-state index in [2.05, 4.69) is 15.3 Å². The van der Waals surface area contributed by atoms with Gasteiger partial charge in [-0.1, -0.05) is 18.2 Å². The average Bonchev–Trinajstić information content (AvgIpc) is 3.42. The largest absolute Gasteiger partial charge is 0.497 e. The number of hydrogen-bond acceptors (Lipinski definition) is 5. The number of aromatic nitrogens is 3. The number of ether oxygens (including phenoxy) is 1. The number of anilines is 1. The van der Waals surface area contributed by atoms with Gasteiger partial charge in [-0.3, -0.25) is 15.1 Å². The van der Waals surface area contributed by atoms with Crippen molar-refractivity contribution in [1.29, 1.82) is 0 Å². The van der Waals surface area contributed by atoms with Crippen molar-refractivity contribution in [3.05, 3.63) is 95.0 Å². The summed E-state index contributed by atoms with van der Waals surface area (Å²) in [5, 5.41) is 5.35. The van der Waals surface area contributed by atoms with Gasteiger partial charge in [0.25, 0.3) is 5.91 Å². The minimum absolute atomic E-state index is 0.188. The summed E-state index contributed by atoms with van der Waals surface area (Å²) in [5.41, 5.74) is 3.46.